The van der Waals surface area contributed by atoms with E-state index in [2.05, 4.69) is 19.9 Å². The van der Waals surface area contributed by atoms with Gasteiger partial charge in [-0.2, -0.15) is 0 Å². The number of rotatable bonds is 7. The second-order valence-corrected chi connectivity index (χ2v) is 9.69. The summed E-state index contributed by atoms with van der Waals surface area (Å²) < 4.78 is 13.8. The number of aromatic nitrogens is 3. The first-order chi connectivity index (χ1) is 17.6. The second kappa shape index (κ2) is 9.18. The van der Waals surface area contributed by atoms with Crippen molar-refractivity contribution >= 4 is 28.4 Å². The lowest BCUT2D eigenvalue weighted by atomic mass is 9.92. The number of carbonyl (C=O) groups is 1. The lowest BCUT2D eigenvalue weighted by Gasteiger charge is -2.30. The molecule has 2 aliphatic carbocycles. The van der Waals surface area contributed by atoms with Crippen molar-refractivity contribution in [1.82, 2.24) is 14.5 Å². The second-order valence-electron chi connectivity index (χ2n) is 9.69. The maximum atomic E-state index is 12.3. The van der Waals surface area contributed by atoms with Crippen LogP contribution in [0.1, 0.15) is 45.1 Å². The van der Waals surface area contributed by atoms with Gasteiger partial charge in [-0.3, -0.25) is 10.3 Å². The fourth-order valence-corrected chi connectivity index (χ4v) is 4.85. The largest absolute Gasteiger partial charge is 0.446 e. The first-order valence-electron chi connectivity index (χ1n) is 12.5. The zero-order valence-corrected chi connectivity index (χ0v) is 20.2. The van der Waals surface area contributed by atoms with Crippen molar-refractivity contribution in [3.05, 3.63) is 61.1 Å². The van der Waals surface area contributed by atoms with E-state index in [9.17, 15) is 4.79 Å². The van der Waals surface area contributed by atoms with E-state index in [1.54, 1.807) is 18.6 Å². The number of nitrogen functional groups attached to an aromatic ring is 1. The third kappa shape index (κ3) is 4.34. The number of anilines is 2. The van der Waals surface area contributed by atoms with E-state index in [-0.39, 0.29) is 6.10 Å². The van der Waals surface area contributed by atoms with Gasteiger partial charge in [0.25, 0.3) is 0 Å². The number of amides is 1. The van der Waals surface area contributed by atoms with Crippen molar-refractivity contribution in [3.63, 3.8) is 0 Å². The summed E-state index contributed by atoms with van der Waals surface area (Å²) in [5.41, 5.74) is 11.2. The first-order valence-corrected chi connectivity index (χ1v) is 12.5. The average molecular weight is 484 g/mol. The van der Waals surface area contributed by atoms with Crippen LogP contribution in [-0.2, 0) is 4.74 Å². The summed E-state index contributed by atoms with van der Waals surface area (Å²) in [5.74, 6) is 1.63. The van der Waals surface area contributed by atoms with Crippen molar-refractivity contribution in [3.8, 4) is 22.9 Å². The minimum absolute atomic E-state index is 0.0509. The smallest absolute Gasteiger partial charge is 0.411 e. The van der Waals surface area contributed by atoms with Gasteiger partial charge in [-0.15, -0.1) is 0 Å². The van der Waals surface area contributed by atoms with Gasteiger partial charge in [-0.05, 0) is 69.2 Å². The van der Waals surface area contributed by atoms with Gasteiger partial charge in [-0.25, -0.2) is 9.78 Å². The number of nitrogens with one attached hydrogen (secondary N) is 1. The summed E-state index contributed by atoms with van der Waals surface area (Å²) >= 11 is 0. The van der Waals surface area contributed by atoms with E-state index in [0.29, 0.717) is 29.3 Å². The molecule has 8 heteroatoms. The van der Waals surface area contributed by atoms with Gasteiger partial charge >= 0.3 is 6.09 Å². The van der Waals surface area contributed by atoms with Crippen molar-refractivity contribution in [2.75, 3.05) is 11.1 Å². The molecule has 8 nitrogen and oxygen atoms in total. The van der Waals surface area contributed by atoms with Gasteiger partial charge in [0.05, 0.1) is 23.1 Å². The number of benzene rings is 2. The van der Waals surface area contributed by atoms with Crippen LogP contribution >= 0.6 is 0 Å². The van der Waals surface area contributed by atoms with Gasteiger partial charge in [0.2, 0.25) is 5.88 Å². The molecular weight excluding hydrogens is 454 g/mol. The van der Waals surface area contributed by atoms with Crippen LogP contribution in [-0.4, -0.2) is 26.7 Å². The molecule has 184 valence electrons. The van der Waals surface area contributed by atoms with Gasteiger partial charge in [0, 0.05) is 41.1 Å². The van der Waals surface area contributed by atoms with Crippen LogP contribution in [0, 0.1) is 5.92 Å². The summed E-state index contributed by atoms with van der Waals surface area (Å²) in [6, 6.07) is 14.1. The highest BCUT2D eigenvalue weighted by Crippen LogP contribution is 2.45. The van der Waals surface area contributed by atoms with Crippen molar-refractivity contribution in [2.24, 2.45) is 5.92 Å². The summed E-state index contributed by atoms with van der Waals surface area (Å²) in [6.45, 7) is 1.95. The average Bonchev–Trinajstić information content (AvgIpc) is 3.66. The topological polar surface area (TPSA) is 104 Å². The SMILES string of the molecule is C[C@@H](OC(=O)Nc1ccc(-c2c(N)c3ccc(Oc4cnccn4)cc3n2C2CCC2)cc1)C1CC1. The van der Waals surface area contributed by atoms with Gasteiger partial charge in [0.1, 0.15) is 11.9 Å². The molecule has 3 N–H and O–H groups in total. The van der Waals surface area contributed by atoms with Crippen LogP contribution in [0.5, 0.6) is 11.6 Å². The minimum atomic E-state index is -0.416. The zero-order valence-electron chi connectivity index (χ0n) is 20.2. The Morgan fingerprint density at radius 3 is 2.58 bits per heavy atom. The molecule has 1 amide bonds. The molecule has 2 aromatic carbocycles. The molecule has 2 aromatic heterocycles. The van der Waals surface area contributed by atoms with E-state index < -0.39 is 6.09 Å². The Bertz CT molecular complexity index is 1390. The zero-order chi connectivity index (χ0) is 24.6. The molecule has 4 aromatic rings. The van der Waals surface area contributed by atoms with Crippen LogP contribution in [0.3, 0.4) is 0 Å². The highest BCUT2D eigenvalue weighted by molar-refractivity contribution is 6.01. The predicted molar refractivity (Wildman–Crippen MR) is 139 cm³/mol. The Labute approximate surface area is 209 Å². The van der Waals surface area contributed by atoms with Crippen LogP contribution < -0.4 is 15.8 Å². The molecule has 36 heavy (non-hydrogen) atoms. The fraction of sp³-hybridized carbons (Fsp3) is 0.321. The molecule has 0 radical (unpaired) electrons. The van der Waals surface area contributed by atoms with Crippen molar-refractivity contribution in [1.29, 1.82) is 0 Å². The van der Waals surface area contributed by atoms with E-state index in [1.165, 1.54) is 6.42 Å². The summed E-state index contributed by atoms with van der Waals surface area (Å²) in [5, 5.41) is 3.83. The van der Waals surface area contributed by atoms with E-state index >= 15 is 0 Å². The van der Waals surface area contributed by atoms with Crippen LogP contribution in [0.4, 0.5) is 16.2 Å². The number of hydrogen-bond donors (Lipinski definition) is 2. The van der Waals surface area contributed by atoms with Crippen LogP contribution in [0.2, 0.25) is 0 Å². The maximum absolute atomic E-state index is 12.3. The van der Waals surface area contributed by atoms with E-state index in [4.69, 9.17) is 15.2 Å². The maximum Gasteiger partial charge on any atom is 0.411 e. The molecule has 2 heterocycles. The molecule has 0 bridgehead atoms. The number of nitrogens with two attached hydrogens (primary N) is 1. The molecule has 0 spiro atoms. The summed E-state index contributed by atoms with van der Waals surface area (Å²) in [7, 11) is 0. The number of carbonyl (C=O) groups excluding carboxylic acids is 1. The lowest BCUT2D eigenvalue weighted by Crippen LogP contribution is -2.21. The number of ether oxygens (including phenoxy) is 2. The monoisotopic (exact) mass is 483 g/mol. The Morgan fingerprint density at radius 1 is 1.11 bits per heavy atom. The number of hydrogen-bond acceptors (Lipinski definition) is 6. The van der Waals surface area contributed by atoms with Crippen LogP contribution in [0.25, 0.3) is 22.2 Å². The normalized spacial score (nSPS) is 16.4. The Balaban J connectivity index is 1.30. The molecule has 2 saturated carbocycles. The number of fused-ring (bicyclic) bond motifs is 1. The third-order valence-corrected chi connectivity index (χ3v) is 7.20. The predicted octanol–water partition coefficient (Wildman–Crippen LogP) is 6.54. The Hall–Kier alpha value is -4.07. The molecule has 1 atom stereocenters. The molecule has 0 unspecified atom stereocenters. The first kappa shape index (κ1) is 22.4. The molecular formula is C28H29N5O3. The van der Waals surface area contributed by atoms with E-state index in [0.717, 1.165) is 53.5 Å². The lowest BCUT2D eigenvalue weighted by molar-refractivity contribution is 0.108. The molecule has 0 saturated heterocycles. The molecule has 2 aliphatic rings. The number of nitrogens with zero attached hydrogens (tertiary/aromatic N) is 3. The van der Waals surface area contributed by atoms with Gasteiger partial charge < -0.3 is 19.8 Å². The summed E-state index contributed by atoms with van der Waals surface area (Å²) in [4.78, 5) is 20.5. The standard InChI is InChI=1S/C28H29N5O3/c1-17(18-5-6-18)35-28(34)32-20-9-7-19(8-10-20)27-26(29)23-12-11-22(36-25-16-30-13-14-31-25)15-24(23)33(27)21-3-2-4-21/h7-18,21H,2-6,29H2,1H3,(H,32,34)/t17-/m1/s1. The molecule has 6 rings (SSSR count). The quantitative estimate of drug-likeness (QED) is 0.309. The van der Waals surface area contributed by atoms with Gasteiger partial charge in [0.15, 0.2) is 0 Å². The third-order valence-electron chi connectivity index (χ3n) is 7.20. The van der Waals surface area contributed by atoms with Crippen molar-refractivity contribution < 1.29 is 14.3 Å². The molecule has 2 fully saturated rings. The minimum Gasteiger partial charge on any atom is -0.446 e. The van der Waals surface area contributed by atoms with Crippen molar-refractivity contribution in [2.45, 2.75) is 51.2 Å². The van der Waals surface area contributed by atoms with Gasteiger partial charge in [-0.1, -0.05) is 12.1 Å². The fourth-order valence-electron chi connectivity index (χ4n) is 4.85. The Morgan fingerprint density at radius 2 is 1.92 bits per heavy atom. The molecule has 0 aliphatic heterocycles. The summed E-state index contributed by atoms with van der Waals surface area (Å²) in [6.07, 6.45) is 10.0. The van der Waals surface area contributed by atoms with E-state index in [1.807, 2.05) is 49.4 Å². The Kier molecular flexibility index (Phi) is 5.71. The highest BCUT2D eigenvalue weighted by atomic mass is 16.6. The van der Waals surface area contributed by atoms with Crippen LogP contribution in [0.15, 0.2) is 61.1 Å². The highest BCUT2D eigenvalue weighted by Gasteiger charge is 2.31.